The minimum absolute atomic E-state index is 0.00421. The Morgan fingerprint density at radius 2 is 1.82 bits per heavy atom. The Morgan fingerprint density at radius 1 is 1.10 bits per heavy atom. The summed E-state index contributed by atoms with van der Waals surface area (Å²) in [5.41, 5.74) is 4.49. The van der Waals surface area contributed by atoms with Crippen molar-refractivity contribution in [2.45, 2.75) is 53.0 Å². The van der Waals surface area contributed by atoms with Gasteiger partial charge in [0, 0.05) is 43.8 Å². The van der Waals surface area contributed by atoms with Gasteiger partial charge < -0.3 is 9.47 Å². The second kappa shape index (κ2) is 13.5. The molecule has 0 N–H and O–H groups in total. The molecule has 4 rings (SSSR count). The molecule has 208 valence electrons. The number of benzene rings is 2. The molecule has 3 aromatic rings. The van der Waals surface area contributed by atoms with E-state index in [9.17, 15) is 17.6 Å². The number of rotatable bonds is 9. The molecule has 1 fully saturated rings. The van der Waals surface area contributed by atoms with Crippen LogP contribution in [0.2, 0.25) is 0 Å². The van der Waals surface area contributed by atoms with E-state index in [2.05, 4.69) is 11.1 Å². The summed E-state index contributed by atoms with van der Waals surface area (Å²) in [4.78, 5) is 21.2. The second-order valence-electron chi connectivity index (χ2n) is 9.61. The number of nitrogens with zero attached hydrogens (tertiary/aromatic N) is 5. The normalized spacial score (nSPS) is 15.9. The van der Waals surface area contributed by atoms with E-state index in [0.29, 0.717) is 42.9 Å². The van der Waals surface area contributed by atoms with Crippen molar-refractivity contribution in [3.8, 4) is 6.07 Å². The number of amides is 1. The summed E-state index contributed by atoms with van der Waals surface area (Å²) in [5, 5.41) is 9.03. The van der Waals surface area contributed by atoms with Crippen molar-refractivity contribution in [3.05, 3.63) is 82.9 Å². The van der Waals surface area contributed by atoms with Gasteiger partial charge in [-0.25, -0.2) is 17.8 Å². The Bertz CT molecular complexity index is 1410. The highest BCUT2D eigenvalue weighted by atomic mass is 32.2. The molecule has 39 heavy (non-hydrogen) atoms. The molecule has 1 aliphatic rings. The summed E-state index contributed by atoms with van der Waals surface area (Å²) in [5.74, 6) is -0.117. The summed E-state index contributed by atoms with van der Waals surface area (Å²) < 4.78 is 39.3. The molecule has 1 aliphatic heterocycles. The molecular weight excluding hydrogens is 517 g/mol. The first kappa shape index (κ1) is 30.0. The summed E-state index contributed by atoms with van der Waals surface area (Å²) >= 11 is 0. The first-order chi connectivity index (χ1) is 18.6. The highest BCUT2D eigenvalue weighted by molar-refractivity contribution is 7.90. The van der Waals surface area contributed by atoms with Gasteiger partial charge in [-0.1, -0.05) is 32.0 Å². The number of halogens is 1. The van der Waals surface area contributed by atoms with E-state index in [4.69, 9.17) is 5.26 Å². The maximum Gasteiger partial charge on any atom is 0.241 e. The average Bonchev–Trinajstić information content (AvgIpc) is 3.35. The first-order valence-electron chi connectivity index (χ1n) is 13.0. The zero-order valence-corrected chi connectivity index (χ0v) is 23.8. The van der Waals surface area contributed by atoms with Crippen molar-refractivity contribution in [2.75, 3.05) is 30.0 Å². The van der Waals surface area contributed by atoms with Crippen LogP contribution >= 0.6 is 0 Å². The first-order valence-corrected chi connectivity index (χ1v) is 15.1. The van der Waals surface area contributed by atoms with Crippen LogP contribution in [0.5, 0.6) is 0 Å². The van der Waals surface area contributed by atoms with Crippen molar-refractivity contribution in [1.82, 2.24) is 14.5 Å². The van der Waals surface area contributed by atoms with Crippen LogP contribution in [-0.2, 0) is 34.4 Å². The van der Waals surface area contributed by atoms with Gasteiger partial charge in [0.15, 0.2) is 0 Å². The number of aromatic nitrogens is 2. The molecular formula is C29H36FN5O3S. The average molecular weight is 554 g/mol. The van der Waals surface area contributed by atoms with Gasteiger partial charge in [-0.3, -0.25) is 9.69 Å². The quantitative estimate of drug-likeness (QED) is 0.393. The predicted octanol–water partition coefficient (Wildman–Crippen LogP) is 4.26. The fourth-order valence-corrected chi connectivity index (χ4v) is 5.36. The van der Waals surface area contributed by atoms with Crippen LogP contribution in [0.3, 0.4) is 0 Å². The van der Waals surface area contributed by atoms with Crippen LogP contribution in [0.4, 0.5) is 10.1 Å². The fourth-order valence-electron chi connectivity index (χ4n) is 4.66. The highest BCUT2D eigenvalue weighted by Crippen LogP contribution is 2.26. The number of carbonyl (C=O) groups is 1. The van der Waals surface area contributed by atoms with E-state index >= 15 is 0 Å². The van der Waals surface area contributed by atoms with E-state index < -0.39 is 16.5 Å². The Morgan fingerprint density at radius 3 is 2.46 bits per heavy atom. The lowest BCUT2D eigenvalue weighted by Crippen LogP contribution is -2.56. The van der Waals surface area contributed by atoms with Gasteiger partial charge in [0.25, 0.3) is 0 Å². The fraction of sp³-hybridized carbons (Fsp3) is 0.414. The van der Waals surface area contributed by atoms with Crippen molar-refractivity contribution < 1.29 is 17.6 Å². The zero-order chi connectivity index (χ0) is 28.6. The summed E-state index contributed by atoms with van der Waals surface area (Å²) in [6.45, 7) is 6.64. The summed E-state index contributed by atoms with van der Waals surface area (Å²) in [6, 6.07) is 14.5. The van der Waals surface area contributed by atoms with Crippen LogP contribution < -0.4 is 4.90 Å². The molecule has 2 aromatic carbocycles. The van der Waals surface area contributed by atoms with E-state index in [1.54, 1.807) is 41.7 Å². The molecule has 0 saturated carbocycles. The van der Waals surface area contributed by atoms with E-state index in [0.717, 1.165) is 16.8 Å². The molecule has 10 heteroatoms. The van der Waals surface area contributed by atoms with Crippen molar-refractivity contribution in [3.63, 3.8) is 0 Å². The van der Waals surface area contributed by atoms with Gasteiger partial charge in [-0.15, -0.1) is 0 Å². The second-order valence-corrected chi connectivity index (χ2v) is 11.9. The SMILES string of the molecule is CC.Cc1cc(CF)cc(N2CC(CCS(C)(=O)=O)N(Cc3cncn3Cc3ccc(C#N)cc3)CC2=O)c1. The van der Waals surface area contributed by atoms with E-state index in [-0.39, 0.29) is 24.2 Å². The van der Waals surface area contributed by atoms with Crippen LogP contribution in [0.25, 0.3) is 0 Å². The molecule has 0 bridgehead atoms. The molecule has 0 spiro atoms. The number of hydrogen-bond donors (Lipinski definition) is 0. The number of sulfone groups is 1. The number of nitriles is 1. The molecule has 1 unspecified atom stereocenters. The van der Waals surface area contributed by atoms with E-state index in [1.165, 1.54) is 6.26 Å². The number of hydrogen-bond acceptors (Lipinski definition) is 6. The molecule has 1 aromatic heterocycles. The number of aryl methyl sites for hydroxylation is 1. The van der Waals surface area contributed by atoms with Gasteiger partial charge in [0.05, 0.1) is 36.0 Å². The van der Waals surface area contributed by atoms with Crippen molar-refractivity contribution >= 4 is 21.4 Å². The van der Waals surface area contributed by atoms with Gasteiger partial charge >= 0.3 is 0 Å². The van der Waals surface area contributed by atoms with Crippen molar-refractivity contribution in [2.24, 2.45) is 0 Å². The lowest BCUT2D eigenvalue weighted by molar-refractivity contribution is -0.122. The lowest BCUT2D eigenvalue weighted by Gasteiger charge is -2.41. The van der Waals surface area contributed by atoms with Gasteiger partial charge in [0.1, 0.15) is 16.5 Å². The molecule has 2 heterocycles. The molecule has 0 radical (unpaired) electrons. The zero-order valence-electron chi connectivity index (χ0n) is 23.0. The molecule has 1 amide bonds. The Balaban J connectivity index is 0.00000205. The number of anilines is 1. The summed E-state index contributed by atoms with van der Waals surface area (Å²) in [7, 11) is -3.20. The van der Waals surface area contributed by atoms with Crippen molar-refractivity contribution in [1.29, 1.82) is 5.26 Å². The third kappa shape index (κ3) is 8.22. The Hall–Kier alpha value is -3.55. The smallest absolute Gasteiger partial charge is 0.241 e. The summed E-state index contributed by atoms with van der Waals surface area (Å²) in [6.07, 6.45) is 5.06. The monoisotopic (exact) mass is 553 g/mol. The third-order valence-electron chi connectivity index (χ3n) is 6.56. The maximum atomic E-state index is 13.4. The molecule has 0 aliphatic carbocycles. The maximum absolute atomic E-state index is 13.4. The Labute approximate surface area is 230 Å². The highest BCUT2D eigenvalue weighted by Gasteiger charge is 2.34. The minimum Gasteiger partial charge on any atom is -0.329 e. The lowest BCUT2D eigenvalue weighted by atomic mass is 10.1. The van der Waals surface area contributed by atoms with Crippen LogP contribution in [-0.4, -0.2) is 59.9 Å². The van der Waals surface area contributed by atoms with Crippen LogP contribution in [0.15, 0.2) is 55.0 Å². The molecule has 8 nitrogen and oxygen atoms in total. The minimum atomic E-state index is -3.20. The standard InChI is InChI=1S/C27H30FN5O3S.C2H6/c1-20-9-23(12-28)11-25(10-20)33-17-24(7-8-37(2,35)36)31(18-27(33)34)16-26-14-30-19-32(26)15-22-5-3-21(13-29)4-6-22;1-2/h3-6,9-11,14,19,24H,7-8,12,15-18H2,1-2H3;1-2H3. The number of piperazine rings is 1. The van der Waals surface area contributed by atoms with Crippen LogP contribution in [0.1, 0.15) is 48.2 Å². The Kier molecular flexibility index (Phi) is 10.4. The van der Waals surface area contributed by atoms with Gasteiger partial charge in [-0.05, 0) is 54.3 Å². The van der Waals surface area contributed by atoms with E-state index in [1.807, 2.05) is 48.4 Å². The number of imidazole rings is 1. The predicted molar refractivity (Wildman–Crippen MR) is 151 cm³/mol. The molecule has 1 atom stereocenters. The third-order valence-corrected chi connectivity index (χ3v) is 7.54. The van der Waals surface area contributed by atoms with Gasteiger partial charge in [0.2, 0.25) is 5.91 Å². The largest absolute Gasteiger partial charge is 0.329 e. The number of carbonyl (C=O) groups excluding carboxylic acids is 1. The molecule has 1 saturated heterocycles. The van der Waals surface area contributed by atoms with Crippen LogP contribution in [0, 0.1) is 18.3 Å². The number of alkyl halides is 1. The van der Waals surface area contributed by atoms with Gasteiger partial charge in [-0.2, -0.15) is 5.26 Å². The topological polar surface area (TPSA) is 99.3 Å².